The number of pyridine rings is 1. The van der Waals surface area contributed by atoms with Gasteiger partial charge in [0.1, 0.15) is 23.5 Å². The number of carboxylic acids is 2. The van der Waals surface area contributed by atoms with E-state index in [1.165, 1.54) is 36.4 Å². The third-order valence-corrected chi connectivity index (χ3v) is 6.73. The number of fused-ring (bicyclic) bond motifs is 4. The van der Waals surface area contributed by atoms with Crippen LogP contribution in [0.1, 0.15) is 47.3 Å². The maximum Gasteiger partial charge on any atom is 0.327 e. The third-order valence-electron chi connectivity index (χ3n) is 4.73. The summed E-state index contributed by atoms with van der Waals surface area (Å²) in [4.78, 5) is 77.7. The molecule has 4 N–H and O–H groups in total. The smallest absolute Gasteiger partial charge is 0.327 e. The molecule has 4 bridgehead atoms. The molecule has 0 saturated heterocycles. The number of amides is 2. The predicted octanol–water partition coefficient (Wildman–Crippen LogP) is 1.22. The number of aliphatic carboxylic acids is 2. The number of nitrogens with zero attached hydrogens (tertiary/aromatic N) is 1. The van der Waals surface area contributed by atoms with Gasteiger partial charge in [-0.1, -0.05) is 29.6 Å². The van der Waals surface area contributed by atoms with E-state index in [1.54, 1.807) is 6.92 Å². The number of aryl methyl sites for hydroxylation is 1. The van der Waals surface area contributed by atoms with Crippen LogP contribution in [0.4, 0.5) is 0 Å². The molecule has 11 nitrogen and oxygen atoms in total. The summed E-state index contributed by atoms with van der Waals surface area (Å²) in [6.45, 7) is 1.66. The zero-order valence-electron chi connectivity index (χ0n) is 18.1. The van der Waals surface area contributed by atoms with Crippen LogP contribution in [-0.4, -0.2) is 72.8 Å². The second kappa shape index (κ2) is 11.1. The van der Waals surface area contributed by atoms with Crippen molar-refractivity contribution in [3.8, 4) is 0 Å². The Hall–Kier alpha value is -3.71. The lowest BCUT2D eigenvalue weighted by Gasteiger charge is -2.16. The summed E-state index contributed by atoms with van der Waals surface area (Å²) in [7, 11) is 0. The van der Waals surface area contributed by atoms with Gasteiger partial charge in [-0.15, -0.1) is 0 Å². The minimum Gasteiger partial charge on any atom is -0.480 e. The first-order valence-electron chi connectivity index (χ1n) is 10.1. The van der Waals surface area contributed by atoms with Crippen LogP contribution in [0.2, 0.25) is 0 Å². The number of thioether (sulfide) groups is 2. The topological polar surface area (TPSA) is 180 Å². The van der Waals surface area contributed by atoms with Crippen molar-refractivity contribution in [1.82, 2.24) is 15.6 Å². The molecule has 2 heterocycles. The van der Waals surface area contributed by atoms with E-state index in [-0.39, 0.29) is 34.0 Å². The molecule has 0 spiro atoms. The van der Waals surface area contributed by atoms with Crippen LogP contribution in [0.15, 0.2) is 36.4 Å². The number of rotatable bonds is 2. The Balaban J connectivity index is 2.00. The van der Waals surface area contributed by atoms with E-state index in [0.717, 1.165) is 0 Å². The Labute approximate surface area is 207 Å². The highest BCUT2D eigenvalue weighted by atomic mass is 32.2. The molecule has 0 unspecified atom stereocenters. The minimum atomic E-state index is -1.45. The maximum absolute atomic E-state index is 12.7. The Morgan fingerprint density at radius 2 is 1.26 bits per heavy atom. The van der Waals surface area contributed by atoms with Gasteiger partial charge in [0.15, 0.2) is 0 Å². The van der Waals surface area contributed by atoms with Crippen molar-refractivity contribution >= 4 is 57.5 Å². The van der Waals surface area contributed by atoms with Crippen molar-refractivity contribution < 1.29 is 39.0 Å². The molecule has 2 aromatic rings. The molecule has 0 aliphatic carbocycles. The fourth-order valence-electron chi connectivity index (χ4n) is 3.00. The summed E-state index contributed by atoms with van der Waals surface area (Å²) < 4.78 is 0. The van der Waals surface area contributed by atoms with Gasteiger partial charge in [0.05, 0.1) is 0 Å². The number of carbonyl (C=O) groups is 6. The lowest BCUT2D eigenvalue weighted by Crippen LogP contribution is -2.44. The molecule has 1 aromatic carbocycles. The highest BCUT2D eigenvalue weighted by Gasteiger charge is 2.26. The van der Waals surface area contributed by atoms with Crippen LogP contribution in [0.3, 0.4) is 0 Å². The maximum atomic E-state index is 12.7. The number of carboxylic acid groups (broad SMARTS) is 2. The van der Waals surface area contributed by atoms with Gasteiger partial charge in [0.2, 0.25) is 10.2 Å². The standard InChI is InChI=1S/C22H19N3O8S2/c1-10-5-11-7-12(6-10)22(33)35-9-16(20(30)31)25-18(27)14-4-2-3-13(23-14)17(26)24-15(19(28)29)8-34-21(11)32/h2-7,15-16H,8-9H2,1H3,(H,24,26)(H,25,27)(H,28,29)(H,30,31)/t15-,16-/m1/s1. The van der Waals surface area contributed by atoms with Crippen LogP contribution in [0.25, 0.3) is 0 Å². The van der Waals surface area contributed by atoms with Gasteiger partial charge in [-0.3, -0.25) is 19.2 Å². The van der Waals surface area contributed by atoms with E-state index in [4.69, 9.17) is 0 Å². The lowest BCUT2D eigenvalue weighted by atomic mass is 10.1. The van der Waals surface area contributed by atoms with Crippen molar-refractivity contribution in [3.63, 3.8) is 0 Å². The molecule has 1 aromatic heterocycles. The van der Waals surface area contributed by atoms with Gasteiger partial charge in [-0.2, -0.15) is 0 Å². The molecule has 2 amide bonds. The van der Waals surface area contributed by atoms with Gasteiger partial charge in [-0.05, 0) is 42.8 Å². The van der Waals surface area contributed by atoms with Crippen molar-refractivity contribution in [2.75, 3.05) is 11.5 Å². The number of hydrogen-bond acceptors (Lipinski definition) is 9. The van der Waals surface area contributed by atoms with Crippen LogP contribution < -0.4 is 10.6 Å². The summed E-state index contributed by atoms with van der Waals surface area (Å²) >= 11 is 1.31. The van der Waals surface area contributed by atoms with E-state index < -0.39 is 46.1 Å². The van der Waals surface area contributed by atoms with E-state index in [9.17, 15) is 39.0 Å². The number of benzene rings is 1. The van der Waals surface area contributed by atoms with E-state index in [1.807, 2.05) is 0 Å². The predicted molar refractivity (Wildman–Crippen MR) is 127 cm³/mol. The average molecular weight is 518 g/mol. The first kappa shape index (κ1) is 25.9. The Bertz CT molecular complexity index is 1150. The quantitative estimate of drug-likeness (QED) is 0.450. The van der Waals surface area contributed by atoms with Crippen LogP contribution in [0, 0.1) is 6.92 Å². The zero-order chi connectivity index (χ0) is 25.7. The lowest BCUT2D eigenvalue weighted by molar-refractivity contribution is -0.139. The van der Waals surface area contributed by atoms with E-state index in [2.05, 4.69) is 15.6 Å². The van der Waals surface area contributed by atoms with Crippen molar-refractivity contribution in [1.29, 1.82) is 0 Å². The number of carbonyl (C=O) groups excluding carboxylic acids is 4. The van der Waals surface area contributed by atoms with Crippen molar-refractivity contribution in [2.45, 2.75) is 19.0 Å². The highest BCUT2D eigenvalue weighted by molar-refractivity contribution is 8.14. The molecule has 35 heavy (non-hydrogen) atoms. The summed E-state index contributed by atoms with van der Waals surface area (Å²) in [6.07, 6.45) is 0. The molecule has 182 valence electrons. The molecular formula is C22H19N3O8S2. The van der Waals surface area contributed by atoms with E-state index in [0.29, 0.717) is 29.1 Å². The van der Waals surface area contributed by atoms with Crippen molar-refractivity contribution in [2.24, 2.45) is 0 Å². The molecule has 0 fully saturated rings. The van der Waals surface area contributed by atoms with Gasteiger partial charge >= 0.3 is 11.9 Å². The number of aromatic nitrogens is 1. The normalized spacial score (nSPS) is 19.7. The second-order valence-corrected chi connectivity index (χ2v) is 9.41. The SMILES string of the molecule is Cc1cc2cc(c1)C(=O)SC[C@H](C(=O)O)NC(=O)c1cccc(n1)C(=O)N[C@@H](C(=O)O)CSC2=O. The number of hydrogen-bond donors (Lipinski definition) is 4. The molecule has 2 atom stereocenters. The Morgan fingerprint density at radius 1 is 0.829 bits per heavy atom. The van der Waals surface area contributed by atoms with Crippen LogP contribution >= 0.6 is 23.5 Å². The van der Waals surface area contributed by atoms with Gasteiger partial charge in [0.25, 0.3) is 11.8 Å². The molecule has 13 heteroatoms. The zero-order valence-corrected chi connectivity index (χ0v) is 19.8. The fraction of sp³-hybridized carbons (Fsp3) is 0.227. The summed E-state index contributed by atoms with van der Waals surface area (Å²) in [5.74, 6) is -5.16. The second-order valence-electron chi connectivity index (χ2n) is 7.42. The summed E-state index contributed by atoms with van der Waals surface area (Å²) in [5.41, 5.74) is 0.328. The van der Waals surface area contributed by atoms with Gasteiger partial charge < -0.3 is 20.8 Å². The highest BCUT2D eigenvalue weighted by Crippen LogP contribution is 2.21. The van der Waals surface area contributed by atoms with Crippen molar-refractivity contribution in [3.05, 3.63) is 64.5 Å². The Morgan fingerprint density at radius 3 is 1.66 bits per heavy atom. The summed E-state index contributed by atoms with van der Waals surface area (Å²) in [5, 5.41) is 22.5. The minimum absolute atomic E-state index is 0.146. The first-order valence-corrected chi connectivity index (χ1v) is 12.0. The third kappa shape index (κ3) is 6.67. The molecular weight excluding hydrogens is 498 g/mol. The fourth-order valence-corrected chi connectivity index (χ4v) is 4.66. The molecule has 0 radical (unpaired) electrons. The van der Waals surface area contributed by atoms with Crippen LogP contribution in [0.5, 0.6) is 0 Å². The average Bonchev–Trinajstić information content (AvgIpc) is 2.82. The largest absolute Gasteiger partial charge is 0.480 e. The molecule has 3 rings (SSSR count). The molecule has 0 saturated carbocycles. The molecule has 1 aliphatic heterocycles. The summed E-state index contributed by atoms with van der Waals surface area (Å²) in [6, 6.07) is 5.31. The Kier molecular flexibility index (Phi) is 8.25. The van der Waals surface area contributed by atoms with Crippen LogP contribution in [-0.2, 0) is 9.59 Å². The number of nitrogens with one attached hydrogen (secondary N) is 2. The monoisotopic (exact) mass is 517 g/mol. The van der Waals surface area contributed by atoms with Gasteiger partial charge in [0, 0.05) is 22.6 Å². The first-order chi connectivity index (χ1) is 16.5. The van der Waals surface area contributed by atoms with Gasteiger partial charge in [-0.25, -0.2) is 14.6 Å². The molecule has 1 aliphatic rings. The van der Waals surface area contributed by atoms with E-state index >= 15 is 0 Å².